The topological polar surface area (TPSA) is 3.24 Å². The summed E-state index contributed by atoms with van der Waals surface area (Å²) in [5.74, 6) is 0. The highest BCUT2D eigenvalue weighted by Gasteiger charge is 2.39. The quantitative estimate of drug-likeness (QED) is 0.156. The number of hydrogen-bond acceptors (Lipinski definition) is 1. The van der Waals surface area contributed by atoms with Crippen LogP contribution in [0.2, 0.25) is 0 Å². The fourth-order valence-electron chi connectivity index (χ4n) is 10.3. The Balaban J connectivity index is 0.990. The molecule has 11 rings (SSSR count). The molecule has 0 amide bonds. The van der Waals surface area contributed by atoms with Crippen LogP contribution in [-0.2, 0) is 10.8 Å². The average Bonchev–Trinajstić information content (AvgIpc) is 3.69. The third kappa shape index (κ3) is 6.07. The highest BCUT2D eigenvalue weighted by atomic mass is 15.1. The summed E-state index contributed by atoms with van der Waals surface area (Å²) >= 11 is 0. The first-order valence-electron chi connectivity index (χ1n) is 21.5. The Labute approximate surface area is 360 Å². The van der Waals surface area contributed by atoms with Crippen LogP contribution in [0, 0.1) is 0 Å². The summed E-state index contributed by atoms with van der Waals surface area (Å²) in [6.45, 7) is 9.51. The van der Waals surface area contributed by atoms with Gasteiger partial charge < -0.3 is 4.90 Å². The van der Waals surface area contributed by atoms with Gasteiger partial charge in [-0.3, -0.25) is 0 Å². The van der Waals surface area contributed by atoms with E-state index in [2.05, 4.69) is 245 Å². The van der Waals surface area contributed by atoms with Crippen LogP contribution in [0.1, 0.15) is 49.9 Å². The van der Waals surface area contributed by atoms with Crippen LogP contribution in [0.4, 0.5) is 17.1 Å². The predicted octanol–water partition coefficient (Wildman–Crippen LogP) is 16.4. The second-order valence-corrected chi connectivity index (χ2v) is 17.8. The molecule has 2 aliphatic carbocycles. The second kappa shape index (κ2) is 14.2. The maximum Gasteiger partial charge on any atom is 0.0465 e. The normalized spacial score (nSPS) is 13.8. The lowest BCUT2D eigenvalue weighted by Crippen LogP contribution is -2.16. The van der Waals surface area contributed by atoms with Crippen LogP contribution in [0.15, 0.2) is 212 Å². The van der Waals surface area contributed by atoms with E-state index < -0.39 is 0 Å². The summed E-state index contributed by atoms with van der Waals surface area (Å²) < 4.78 is 0. The lowest BCUT2D eigenvalue weighted by Gasteiger charge is -2.28. The van der Waals surface area contributed by atoms with E-state index in [0.29, 0.717) is 0 Å². The van der Waals surface area contributed by atoms with Crippen molar-refractivity contribution in [2.45, 2.75) is 38.5 Å². The summed E-state index contributed by atoms with van der Waals surface area (Å²) in [6.07, 6.45) is 0. The van der Waals surface area contributed by atoms with E-state index in [9.17, 15) is 0 Å². The monoisotopic (exact) mass is 781 g/mol. The van der Waals surface area contributed by atoms with Crippen LogP contribution >= 0.6 is 0 Å². The molecule has 0 aromatic heterocycles. The number of nitrogens with zero attached hydrogens (tertiary/aromatic N) is 1. The SMILES string of the molecule is CC1(C)c2ccccc2-c2ccc(N(c3ccc(-c4ccccc4)cc3)c3ccc(-c4ccc5c(c4)C(C)(C)c4c(-c6ccccc6)cc(-c6ccccc6)cc4-5)cc3)cc21. The van der Waals surface area contributed by atoms with E-state index in [4.69, 9.17) is 0 Å². The first kappa shape index (κ1) is 36.8. The van der Waals surface area contributed by atoms with Crippen LogP contribution < -0.4 is 4.90 Å². The molecule has 1 heteroatoms. The Morgan fingerprint density at radius 2 is 0.689 bits per heavy atom. The summed E-state index contributed by atoms with van der Waals surface area (Å²) in [5.41, 5.74) is 23.9. The molecular formula is C60H47N. The maximum absolute atomic E-state index is 2.45. The Morgan fingerprint density at radius 1 is 0.262 bits per heavy atom. The predicted molar refractivity (Wildman–Crippen MR) is 258 cm³/mol. The standard InChI is InChI=1S/C60H47N/c1-59(2)55-23-15-14-22-50(55)51-35-33-49(39-57(51)59)61(47-29-24-42(25-30-47)40-16-8-5-9-17-40)48-31-26-43(27-32-48)45-28-34-52-54-37-46(41-18-10-6-11-19-41)36-53(44-20-12-7-13-21-44)58(54)60(3,4)56(52)38-45/h5-39H,1-4H3. The molecule has 0 atom stereocenters. The molecule has 0 saturated heterocycles. The molecule has 0 spiro atoms. The van der Waals surface area contributed by atoms with Gasteiger partial charge in [0, 0.05) is 27.9 Å². The summed E-state index contributed by atoms with van der Waals surface area (Å²) in [5, 5.41) is 0. The smallest absolute Gasteiger partial charge is 0.0465 e. The molecule has 9 aromatic carbocycles. The molecule has 2 aliphatic rings. The molecule has 0 aliphatic heterocycles. The molecule has 292 valence electrons. The van der Waals surface area contributed by atoms with Crippen molar-refractivity contribution < 1.29 is 0 Å². The third-order valence-corrected chi connectivity index (χ3v) is 13.5. The first-order valence-corrected chi connectivity index (χ1v) is 21.5. The fourth-order valence-corrected chi connectivity index (χ4v) is 10.3. The third-order valence-electron chi connectivity index (χ3n) is 13.5. The minimum atomic E-state index is -0.190. The Kier molecular flexibility index (Phi) is 8.58. The highest BCUT2D eigenvalue weighted by molar-refractivity contribution is 5.93. The van der Waals surface area contributed by atoms with E-state index in [1.54, 1.807) is 0 Å². The number of rotatable bonds is 7. The van der Waals surface area contributed by atoms with Crippen LogP contribution in [0.25, 0.3) is 66.8 Å². The van der Waals surface area contributed by atoms with Gasteiger partial charge in [0.15, 0.2) is 0 Å². The highest BCUT2D eigenvalue weighted by Crippen LogP contribution is 2.55. The zero-order valence-electron chi connectivity index (χ0n) is 35.2. The molecule has 0 heterocycles. The van der Waals surface area contributed by atoms with Gasteiger partial charge in [-0.2, -0.15) is 0 Å². The number of anilines is 3. The number of benzene rings is 9. The van der Waals surface area contributed by atoms with Crippen molar-refractivity contribution in [1.82, 2.24) is 0 Å². The van der Waals surface area contributed by atoms with Crippen molar-refractivity contribution in [3.63, 3.8) is 0 Å². The van der Waals surface area contributed by atoms with Crippen molar-refractivity contribution >= 4 is 17.1 Å². The van der Waals surface area contributed by atoms with Gasteiger partial charge in [-0.05, 0) is 144 Å². The van der Waals surface area contributed by atoms with Gasteiger partial charge in [-0.15, -0.1) is 0 Å². The van der Waals surface area contributed by atoms with E-state index in [1.165, 1.54) is 89.0 Å². The van der Waals surface area contributed by atoms with Gasteiger partial charge in [-0.25, -0.2) is 0 Å². The van der Waals surface area contributed by atoms with Crippen LogP contribution in [0.3, 0.4) is 0 Å². The Bertz CT molecular complexity index is 3080. The average molecular weight is 782 g/mol. The second-order valence-electron chi connectivity index (χ2n) is 17.8. The van der Waals surface area contributed by atoms with E-state index in [-0.39, 0.29) is 10.8 Å². The maximum atomic E-state index is 2.45. The molecule has 9 aromatic rings. The molecular weight excluding hydrogens is 735 g/mol. The molecule has 0 N–H and O–H groups in total. The summed E-state index contributed by atoms with van der Waals surface area (Å²) in [4.78, 5) is 2.41. The molecule has 0 radical (unpaired) electrons. The number of hydrogen-bond donors (Lipinski definition) is 0. The van der Waals surface area contributed by atoms with Crippen molar-refractivity contribution in [1.29, 1.82) is 0 Å². The largest absolute Gasteiger partial charge is 0.310 e. The molecule has 1 nitrogen and oxygen atoms in total. The zero-order chi connectivity index (χ0) is 41.3. The zero-order valence-corrected chi connectivity index (χ0v) is 35.2. The van der Waals surface area contributed by atoms with Gasteiger partial charge in [0.2, 0.25) is 0 Å². The van der Waals surface area contributed by atoms with Crippen molar-refractivity contribution in [2.75, 3.05) is 4.90 Å². The Morgan fingerprint density at radius 3 is 1.33 bits per heavy atom. The van der Waals surface area contributed by atoms with Crippen molar-refractivity contribution in [3.05, 3.63) is 235 Å². The van der Waals surface area contributed by atoms with Gasteiger partial charge in [0.05, 0.1) is 0 Å². The summed E-state index contributed by atoms with van der Waals surface area (Å²) in [6, 6.07) is 78.4. The molecule has 0 saturated carbocycles. The minimum Gasteiger partial charge on any atom is -0.310 e. The molecule has 0 bridgehead atoms. The molecule has 61 heavy (non-hydrogen) atoms. The van der Waals surface area contributed by atoms with Gasteiger partial charge >= 0.3 is 0 Å². The van der Waals surface area contributed by atoms with Crippen molar-refractivity contribution in [2.24, 2.45) is 0 Å². The van der Waals surface area contributed by atoms with E-state index in [1.807, 2.05) is 0 Å². The van der Waals surface area contributed by atoms with E-state index in [0.717, 1.165) is 17.1 Å². The number of fused-ring (bicyclic) bond motifs is 6. The minimum absolute atomic E-state index is 0.0966. The molecule has 0 unspecified atom stereocenters. The van der Waals surface area contributed by atoms with E-state index >= 15 is 0 Å². The fraction of sp³-hybridized carbons (Fsp3) is 0.100. The lowest BCUT2D eigenvalue weighted by atomic mass is 9.77. The van der Waals surface area contributed by atoms with Crippen LogP contribution in [0.5, 0.6) is 0 Å². The first-order chi connectivity index (χ1) is 29.8. The molecule has 0 fully saturated rings. The van der Waals surface area contributed by atoms with Gasteiger partial charge in [0.25, 0.3) is 0 Å². The van der Waals surface area contributed by atoms with Gasteiger partial charge in [-0.1, -0.05) is 185 Å². The lowest BCUT2D eigenvalue weighted by molar-refractivity contribution is 0.660. The van der Waals surface area contributed by atoms with Crippen LogP contribution in [-0.4, -0.2) is 0 Å². The summed E-state index contributed by atoms with van der Waals surface area (Å²) in [7, 11) is 0. The Hall–Kier alpha value is -7.22. The van der Waals surface area contributed by atoms with Crippen molar-refractivity contribution in [3.8, 4) is 66.8 Å². The van der Waals surface area contributed by atoms with Gasteiger partial charge in [0.1, 0.15) is 0 Å².